The number of hydrogen-bond donors (Lipinski definition) is 2. The summed E-state index contributed by atoms with van der Waals surface area (Å²) in [5, 5.41) is 10.0. The molecule has 2 rings (SSSR count). The highest BCUT2D eigenvalue weighted by molar-refractivity contribution is 7.94. The zero-order chi connectivity index (χ0) is 17.9. The highest BCUT2D eigenvalue weighted by atomic mass is 32.2. The molecule has 1 amide bonds. The monoisotopic (exact) mass is 368 g/mol. The van der Waals surface area contributed by atoms with Gasteiger partial charge in [0, 0.05) is 11.6 Å². The number of rotatable bonds is 6. The molecule has 24 heavy (non-hydrogen) atoms. The van der Waals surface area contributed by atoms with Gasteiger partial charge >= 0.3 is 0 Å². The molecule has 2 aromatic rings. The molecule has 0 unspecified atom stereocenters. The number of carbonyl (C=O) groups excluding carboxylic acids is 1. The fourth-order valence-corrected chi connectivity index (χ4v) is 3.72. The third-order valence-electron chi connectivity index (χ3n) is 3.22. The van der Waals surface area contributed by atoms with Gasteiger partial charge in [0.1, 0.15) is 0 Å². The fourth-order valence-electron chi connectivity index (χ4n) is 1.75. The quantitative estimate of drug-likeness (QED) is 0.763. The van der Waals surface area contributed by atoms with E-state index in [9.17, 15) is 13.2 Å². The summed E-state index contributed by atoms with van der Waals surface area (Å²) in [4.78, 5) is 11.6. The van der Waals surface area contributed by atoms with Crippen molar-refractivity contribution in [3.8, 4) is 0 Å². The van der Waals surface area contributed by atoms with Crippen LogP contribution in [0.2, 0.25) is 0 Å². The third kappa shape index (κ3) is 4.51. The lowest BCUT2D eigenvalue weighted by atomic mass is 10.0. The smallest absolute Gasteiger partial charge is 0.291 e. The van der Waals surface area contributed by atoms with Crippen LogP contribution in [0.25, 0.3) is 0 Å². The van der Waals surface area contributed by atoms with Crippen LogP contribution in [0.1, 0.15) is 39.2 Å². The lowest BCUT2D eigenvalue weighted by molar-refractivity contribution is -0.118. The first-order chi connectivity index (χ1) is 11.2. The molecular formula is C15H20N4O3S2. The Kier molecular flexibility index (Phi) is 5.55. The predicted octanol–water partition coefficient (Wildman–Crippen LogP) is 3.06. The zero-order valence-electron chi connectivity index (χ0n) is 13.9. The van der Waals surface area contributed by atoms with Gasteiger partial charge in [-0.15, -0.1) is 10.2 Å². The Balaban J connectivity index is 2.13. The van der Waals surface area contributed by atoms with Gasteiger partial charge in [0.05, 0.1) is 0 Å². The predicted molar refractivity (Wildman–Crippen MR) is 94.7 cm³/mol. The minimum absolute atomic E-state index is 0.157. The molecule has 2 N–H and O–H groups in total. The van der Waals surface area contributed by atoms with Crippen LogP contribution in [-0.2, 0) is 14.8 Å². The normalized spacial score (nSPS) is 11.8. The SMILES string of the molecule is CC(C)C(=O)Nc1nnc(S(=O)(=O)Nc2ccc(C(C)C)cc2)s1. The van der Waals surface area contributed by atoms with Crippen molar-refractivity contribution in [3.63, 3.8) is 0 Å². The topological polar surface area (TPSA) is 101 Å². The summed E-state index contributed by atoms with van der Waals surface area (Å²) >= 11 is 0.808. The fraction of sp³-hybridized carbons (Fsp3) is 0.400. The zero-order valence-corrected chi connectivity index (χ0v) is 15.5. The van der Waals surface area contributed by atoms with E-state index < -0.39 is 10.0 Å². The van der Waals surface area contributed by atoms with E-state index in [1.807, 2.05) is 12.1 Å². The van der Waals surface area contributed by atoms with Gasteiger partial charge in [-0.3, -0.25) is 9.52 Å². The average molecular weight is 368 g/mol. The summed E-state index contributed by atoms with van der Waals surface area (Å²) in [6.07, 6.45) is 0. The third-order valence-corrected chi connectivity index (χ3v) is 5.81. The largest absolute Gasteiger partial charge is 0.300 e. The summed E-state index contributed by atoms with van der Waals surface area (Å²) < 4.78 is 26.9. The molecule has 7 nitrogen and oxygen atoms in total. The van der Waals surface area contributed by atoms with Crippen LogP contribution in [0.4, 0.5) is 10.8 Å². The first kappa shape index (κ1) is 18.3. The Labute approximate surface area is 145 Å². The summed E-state index contributed by atoms with van der Waals surface area (Å²) in [5.41, 5.74) is 1.56. The van der Waals surface area contributed by atoms with Crippen molar-refractivity contribution in [3.05, 3.63) is 29.8 Å². The number of benzene rings is 1. The Morgan fingerprint density at radius 3 is 2.25 bits per heavy atom. The van der Waals surface area contributed by atoms with Gasteiger partial charge in [-0.05, 0) is 23.6 Å². The Bertz CT molecular complexity index is 811. The van der Waals surface area contributed by atoms with Crippen LogP contribution in [0.3, 0.4) is 0 Å². The number of carbonyl (C=O) groups is 1. The molecule has 0 aliphatic heterocycles. The molecule has 9 heteroatoms. The second-order valence-electron chi connectivity index (χ2n) is 5.90. The molecule has 0 aliphatic rings. The first-order valence-corrected chi connectivity index (χ1v) is 9.76. The second kappa shape index (κ2) is 7.27. The molecule has 1 aromatic heterocycles. The number of hydrogen-bond acceptors (Lipinski definition) is 6. The highest BCUT2D eigenvalue weighted by Crippen LogP contribution is 2.24. The van der Waals surface area contributed by atoms with Gasteiger partial charge in [0.25, 0.3) is 14.4 Å². The van der Waals surface area contributed by atoms with Crippen LogP contribution in [0.15, 0.2) is 28.6 Å². The first-order valence-electron chi connectivity index (χ1n) is 7.46. The van der Waals surface area contributed by atoms with Crippen molar-refractivity contribution in [1.29, 1.82) is 0 Å². The molecule has 0 fully saturated rings. The number of amides is 1. The van der Waals surface area contributed by atoms with Crippen molar-refractivity contribution < 1.29 is 13.2 Å². The molecule has 0 spiro atoms. The number of anilines is 2. The molecular weight excluding hydrogens is 348 g/mol. The molecule has 130 valence electrons. The standard InChI is InChI=1S/C15H20N4O3S2/c1-9(2)11-5-7-12(8-6-11)19-24(21,22)15-18-17-14(23-15)16-13(20)10(3)4/h5-10,19H,1-4H3,(H,16,17,20). The van der Waals surface area contributed by atoms with Crippen molar-refractivity contribution in [1.82, 2.24) is 10.2 Å². The number of nitrogens with zero attached hydrogens (tertiary/aromatic N) is 2. The van der Waals surface area contributed by atoms with E-state index in [0.29, 0.717) is 11.6 Å². The maximum Gasteiger partial charge on any atom is 0.291 e. The lowest BCUT2D eigenvalue weighted by Crippen LogP contribution is -2.17. The van der Waals surface area contributed by atoms with Crippen LogP contribution in [-0.4, -0.2) is 24.5 Å². The maximum atomic E-state index is 12.3. The van der Waals surface area contributed by atoms with Crippen LogP contribution < -0.4 is 10.0 Å². The van der Waals surface area contributed by atoms with Gasteiger partial charge in [0.2, 0.25) is 11.0 Å². The van der Waals surface area contributed by atoms with Crippen molar-refractivity contribution >= 4 is 38.1 Å². The maximum absolute atomic E-state index is 12.3. The Morgan fingerprint density at radius 2 is 1.71 bits per heavy atom. The number of aromatic nitrogens is 2. The van der Waals surface area contributed by atoms with E-state index in [-0.39, 0.29) is 21.3 Å². The minimum atomic E-state index is -3.84. The second-order valence-corrected chi connectivity index (χ2v) is 8.73. The Hall–Kier alpha value is -2.00. The summed E-state index contributed by atoms with van der Waals surface area (Å²) in [6, 6.07) is 7.15. The minimum Gasteiger partial charge on any atom is -0.300 e. The molecule has 0 aliphatic carbocycles. The van der Waals surface area contributed by atoms with Gasteiger partial charge in [-0.25, -0.2) is 0 Å². The molecule has 1 heterocycles. The average Bonchev–Trinajstić information content (AvgIpc) is 2.96. The van der Waals surface area contributed by atoms with E-state index in [0.717, 1.165) is 16.9 Å². The van der Waals surface area contributed by atoms with Gasteiger partial charge in [-0.1, -0.05) is 51.2 Å². The molecule has 0 saturated carbocycles. The Morgan fingerprint density at radius 1 is 1.08 bits per heavy atom. The molecule has 0 bridgehead atoms. The van der Waals surface area contributed by atoms with Crippen molar-refractivity contribution in [2.45, 2.75) is 38.0 Å². The molecule has 1 aromatic carbocycles. The summed E-state index contributed by atoms with van der Waals surface area (Å²) in [5.74, 6) is -0.107. The van der Waals surface area contributed by atoms with Gasteiger partial charge in [0.15, 0.2) is 0 Å². The number of sulfonamides is 1. The number of nitrogens with one attached hydrogen (secondary N) is 2. The van der Waals surface area contributed by atoms with Gasteiger partial charge < -0.3 is 5.32 Å². The van der Waals surface area contributed by atoms with Gasteiger partial charge in [-0.2, -0.15) is 8.42 Å². The van der Waals surface area contributed by atoms with Crippen LogP contribution in [0.5, 0.6) is 0 Å². The van der Waals surface area contributed by atoms with Crippen LogP contribution >= 0.6 is 11.3 Å². The van der Waals surface area contributed by atoms with Crippen LogP contribution in [0, 0.1) is 5.92 Å². The van der Waals surface area contributed by atoms with Crippen molar-refractivity contribution in [2.75, 3.05) is 10.0 Å². The molecule has 0 atom stereocenters. The highest BCUT2D eigenvalue weighted by Gasteiger charge is 2.21. The van der Waals surface area contributed by atoms with Crippen molar-refractivity contribution in [2.24, 2.45) is 5.92 Å². The van der Waals surface area contributed by atoms with E-state index in [4.69, 9.17) is 0 Å². The molecule has 0 radical (unpaired) electrons. The van der Waals surface area contributed by atoms with E-state index in [2.05, 4.69) is 34.1 Å². The van der Waals surface area contributed by atoms with E-state index in [1.54, 1.807) is 26.0 Å². The summed E-state index contributed by atoms with van der Waals surface area (Å²) in [6.45, 7) is 7.59. The lowest BCUT2D eigenvalue weighted by Gasteiger charge is -2.08. The summed E-state index contributed by atoms with van der Waals surface area (Å²) in [7, 11) is -3.84. The van der Waals surface area contributed by atoms with E-state index >= 15 is 0 Å². The van der Waals surface area contributed by atoms with E-state index in [1.165, 1.54) is 0 Å². The molecule has 0 saturated heterocycles.